The van der Waals surface area contributed by atoms with E-state index in [1.54, 1.807) is 28.9 Å². The molecule has 19 heavy (non-hydrogen) atoms. The fourth-order valence-corrected chi connectivity index (χ4v) is 1.79. The third-order valence-corrected chi connectivity index (χ3v) is 2.68. The summed E-state index contributed by atoms with van der Waals surface area (Å²) in [5.41, 5.74) is 6.62. The Morgan fingerprint density at radius 3 is 2.89 bits per heavy atom. The van der Waals surface area contributed by atoms with Gasteiger partial charge < -0.3 is 5.73 Å². The third kappa shape index (κ3) is 1.75. The normalized spacial score (nSPS) is 10.7. The Morgan fingerprint density at radius 1 is 1.32 bits per heavy atom. The average molecular weight is 256 g/mol. The standard InChI is InChI=1S/C11H8N6O2/c12-9-6-7(17(18)19)2-3-8(9)10-14-15-11-13-4-1-5-16(10)11/h1-6H,12H2. The van der Waals surface area contributed by atoms with Gasteiger partial charge in [-0.25, -0.2) is 4.98 Å². The molecule has 3 aromatic rings. The first kappa shape index (κ1) is 11.1. The summed E-state index contributed by atoms with van der Waals surface area (Å²) >= 11 is 0. The summed E-state index contributed by atoms with van der Waals surface area (Å²) in [6.45, 7) is 0. The van der Waals surface area contributed by atoms with Gasteiger partial charge in [0.15, 0.2) is 5.82 Å². The number of nitro benzene ring substituents is 1. The minimum Gasteiger partial charge on any atom is -0.398 e. The van der Waals surface area contributed by atoms with E-state index in [2.05, 4.69) is 15.2 Å². The number of nitrogen functional groups attached to an aromatic ring is 1. The Bertz CT molecular complexity index is 782. The molecule has 8 heteroatoms. The smallest absolute Gasteiger partial charge is 0.271 e. The molecule has 3 rings (SSSR count). The highest BCUT2D eigenvalue weighted by atomic mass is 16.6. The Morgan fingerprint density at radius 2 is 2.16 bits per heavy atom. The second-order valence-electron chi connectivity index (χ2n) is 3.84. The van der Waals surface area contributed by atoms with Crippen molar-refractivity contribution in [2.45, 2.75) is 0 Å². The highest BCUT2D eigenvalue weighted by molar-refractivity contribution is 5.74. The van der Waals surface area contributed by atoms with E-state index in [4.69, 9.17) is 5.73 Å². The molecule has 0 aliphatic rings. The first-order valence-corrected chi connectivity index (χ1v) is 5.37. The molecule has 0 atom stereocenters. The number of aromatic nitrogens is 4. The molecule has 8 nitrogen and oxygen atoms in total. The van der Waals surface area contributed by atoms with Crippen LogP contribution in [0.25, 0.3) is 17.2 Å². The average Bonchev–Trinajstić information content (AvgIpc) is 2.82. The van der Waals surface area contributed by atoms with Gasteiger partial charge in [0.1, 0.15) is 0 Å². The molecule has 0 aliphatic carbocycles. The maximum atomic E-state index is 10.7. The zero-order chi connectivity index (χ0) is 13.4. The SMILES string of the molecule is Nc1cc([N+](=O)[O-])ccc1-c1nnc2ncccn12. The quantitative estimate of drug-likeness (QED) is 0.420. The minimum atomic E-state index is -0.496. The van der Waals surface area contributed by atoms with Crippen LogP contribution in [0.5, 0.6) is 0 Å². The van der Waals surface area contributed by atoms with Crippen LogP contribution < -0.4 is 5.73 Å². The summed E-state index contributed by atoms with van der Waals surface area (Å²) in [6, 6.07) is 5.97. The molecule has 0 bridgehead atoms. The maximum Gasteiger partial charge on any atom is 0.271 e. The van der Waals surface area contributed by atoms with Crippen molar-refractivity contribution in [2.24, 2.45) is 0 Å². The van der Waals surface area contributed by atoms with Gasteiger partial charge in [0.05, 0.1) is 4.92 Å². The van der Waals surface area contributed by atoms with Gasteiger partial charge in [-0.05, 0) is 12.1 Å². The van der Waals surface area contributed by atoms with Crippen LogP contribution in [0.15, 0.2) is 36.7 Å². The topological polar surface area (TPSA) is 112 Å². The molecule has 0 fully saturated rings. The molecule has 0 amide bonds. The third-order valence-electron chi connectivity index (χ3n) is 2.68. The molecule has 0 spiro atoms. The molecule has 1 aromatic carbocycles. The zero-order valence-electron chi connectivity index (χ0n) is 9.59. The van der Waals surface area contributed by atoms with Gasteiger partial charge in [0.2, 0.25) is 0 Å². The van der Waals surface area contributed by atoms with E-state index in [1.165, 1.54) is 12.1 Å². The van der Waals surface area contributed by atoms with E-state index in [9.17, 15) is 10.1 Å². The molecular formula is C11H8N6O2. The van der Waals surface area contributed by atoms with Crippen LogP contribution in [-0.4, -0.2) is 24.5 Å². The fourth-order valence-electron chi connectivity index (χ4n) is 1.79. The van der Waals surface area contributed by atoms with Crippen molar-refractivity contribution in [1.29, 1.82) is 0 Å². The van der Waals surface area contributed by atoms with Crippen molar-refractivity contribution in [3.63, 3.8) is 0 Å². The van der Waals surface area contributed by atoms with E-state index in [0.29, 0.717) is 17.2 Å². The maximum absolute atomic E-state index is 10.7. The van der Waals surface area contributed by atoms with E-state index < -0.39 is 4.92 Å². The number of hydrogen-bond donors (Lipinski definition) is 1. The lowest BCUT2D eigenvalue weighted by Gasteiger charge is -2.03. The largest absolute Gasteiger partial charge is 0.398 e. The Balaban J connectivity index is 2.19. The monoisotopic (exact) mass is 256 g/mol. The number of anilines is 1. The summed E-state index contributed by atoms with van der Waals surface area (Å²) in [6.07, 6.45) is 3.35. The van der Waals surface area contributed by atoms with Gasteiger partial charge in [0, 0.05) is 35.8 Å². The van der Waals surface area contributed by atoms with Gasteiger partial charge in [0.25, 0.3) is 11.5 Å². The molecule has 2 N–H and O–H groups in total. The fraction of sp³-hybridized carbons (Fsp3) is 0. The Kier molecular flexibility index (Phi) is 2.34. The van der Waals surface area contributed by atoms with Crippen LogP contribution >= 0.6 is 0 Å². The van der Waals surface area contributed by atoms with Gasteiger partial charge in [-0.2, -0.15) is 0 Å². The van der Waals surface area contributed by atoms with Gasteiger partial charge in [-0.1, -0.05) is 0 Å². The molecule has 0 saturated carbocycles. The lowest BCUT2D eigenvalue weighted by molar-refractivity contribution is -0.384. The molecular weight excluding hydrogens is 248 g/mol. The highest BCUT2D eigenvalue weighted by Gasteiger charge is 2.14. The van der Waals surface area contributed by atoms with E-state index in [-0.39, 0.29) is 11.4 Å². The second-order valence-corrected chi connectivity index (χ2v) is 3.84. The molecule has 94 valence electrons. The number of non-ortho nitro benzene ring substituents is 1. The number of nitrogens with two attached hydrogens (primary N) is 1. The minimum absolute atomic E-state index is 0.0619. The van der Waals surface area contributed by atoms with Crippen LogP contribution in [0, 0.1) is 10.1 Å². The lowest BCUT2D eigenvalue weighted by atomic mass is 10.1. The number of hydrogen-bond acceptors (Lipinski definition) is 6. The van der Waals surface area contributed by atoms with E-state index in [1.807, 2.05) is 0 Å². The van der Waals surface area contributed by atoms with Gasteiger partial charge >= 0.3 is 0 Å². The van der Waals surface area contributed by atoms with Crippen molar-refractivity contribution in [3.8, 4) is 11.4 Å². The predicted octanol–water partition coefficient (Wildman–Crippen LogP) is 1.28. The Hall–Kier alpha value is -3.03. The first-order chi connectivity index (χ1) is 9.16. The van der Waals surface area contributed by atoms with Crippen LogP contribution in [0.4, 0.5) is 11.4 Å². The number of nitrogens with zero attached hydrogens (tertiary/aromatic N) is 5. The zero-order valence-corrected chi connectivity index (χ0v) is 9.59. The van der Waals surface area contributed by atoms with Crippen LogP contribution in [0.2, 0.25) is 0 Å². The molecule has 2 aromatic heterocycles. The number of benzene rings is 1. The summed E-state index contributed by atoms with van der Waals surface area (Å²) in [4.78, 5) is 14.2. The predicted molar refractivity (Wildman–Crippen MR) is 67.3 cm³/mol. The lowest BCUT2D eigenvalue weighted by Crippen LogP contribution is -1.97. The van der Waals surface area contributed by atoms with Crippen molar-refractivity contribution in [3.05, 3.63) is 46.8 Å². The summed E-state index contributed by atoms with van der Waals surface area (Å²) < 4.78 is 1.66. The summed E-state index contributed by atoms with van der Waals surface area (Å²) in [5.74, 6) is 0.936. The molecule has 0 aliphatic heterocycles. The molecule has 0 saturated heterocycles. The van der Waals surface area contributed by atoms with Crippen LogP contribution in [0.3, 0.4) is 0 Å². The molecule has 0 radical (unpaired) electrons. The van der Waals surface area contributed by atoms with Crippen molar-refractivity contribution >= 4 is 17.2 Å². The summed E-state index contributed by atoms with van der Waals surface area (Å²) in [5, 5.41) is 18.6. The Labute approximate surface area is 106 Å². The van der Waals surface area contributed by atoms with Crippen molar-refractivity contribution < 1.29 is 4.92 Å². The highest BCUT2D eigenvalue weighted by Crippen LogP contribution is 2.27. The number of fused-ring (bicyclic) bond motifs is 1. The van der Waals surface area contributed by atoms with Crippen molar-refractivity contribution in [1.82, 2.24) is 19.6 Å². The molecule has 2 heterocycles. The first-order valence-electron chi connectivity index (χ1n) is 5.37. The van der Waals surface area contributed by atoms with Crippen LogP contribution in [-0.2, 0) is 0 Å². The van der Waals surface area contributed by atoms with E-state index >= 15 is 0 Å². The van der Waals surface area contributed by atoms with Crippen molar-refractivity contribution in [2.75, 3.05) is 5.73 Å². The number of nitro groups is 1. The van der Waals surface area contributed by atoms with Gasteiger partial charge in [-0.15, -0.1) is 10.2 Å². The molecule has 0 unspecified atom stereocenters. The number of rotatable bonds is 2. The second kappa shape index (κ2) is 4.02. The summed E-state index contributed by atoms with van der Waals surface area (Å²) in [7, 11) is 0. The van der Waals surface area contributed by atoms with Crippen LogP contribution in [0.1, 0.15) is 0 Å². The van der Waals surface area contributed by atoms with E-state index in [0.717, 1.165) is 0 Å². The van der Waals surface area contributed by atoms with Gasteiger partial charge in [-0.3, -0.25) is 14.5 Å².